The number of fused-ring (bicyclic) bond motifs is 1. The Balaban J connectivity index is 1.69. The number of hydrogen-bond acceptors (Lipinski definition) is 3. The van der Waals surface area contributed by atoms with Gasteiger partial charge in [-0.3, -0.25) is 9.69 Å². The summed E-state index contributed by atoms with van der Waals surface area (Å²) in [4.78, 5) is 15.7. The van der Waals surface area contributed by atoms with Gasteiger partial charge in [0.15, 0.2) is 0 Å². The average Bonchev–Trinajstić information content (AvgIpc) is 2.97. The van der Waals surface area contributed by atoms with Crippen molar-refractivity contribution in [2.45, 2.75) is 25.9 Å². The fourth-order valence-electron chi connectivity index (χ4n) is 2.60. The first-order valence-electron chi connectivity index (χ1n) is 7.10. The number of carbonyl (C=O) groups is 1. The Hall–Kier alpha value is -1.79. The number of anilines is 1. The molecule has 2 aromatic rings. The summed E-state index contributed by atoms with van der Waals surface area (Å²) in [6, 6.07) is 4.69. The molecule has 0 saturated heterocycles. The number of rotatable bonds is 3. The minimum Gasteiger partial charge on any atom is -0.322 e. The molecule has 0 radical (unpaired) electrons. The summed E-state index contributed by atoms with van der Waals surface area (Å²) in [7, 11) is 0. The summed E-state index contributed by atoms with van der Waals surface area (Å²) >= 11 is 1.74. The van der Waals surface area contributed by atoms with Crippen molar-refractivity contribution in [3.63, 3.8) is 0 Å². The first-order chi connectivity index (χ1) is 10.5. The molecule has 0 spiro atoms. The van der Waals surface area contributed by atoms with Crippen LogP contribution in [0.1, 0.15) is 17.4 Å². The summed E-state index contributed by atoms with van der Waals surface area (Å²) in [6.07, 6.45) is 0.916. The molecular weight excluding hydrogens is 306 g/mol. The van der Waals surface area contributed by atoms with Crippen molar-refractivity contribution in [1.82, 2.24) is 4.90 Å². The molecule has 1 aromatic carbocycles. The summed E-state index contributed by atoms with van der Waals surface area (Å²) < 4.78 is 26.8. The topological polar surface area (TPSA) is 32.3 Å². The smallest absolute Gasteiger partial charge is 0.241 e. The zero-order chi connectivity index (χ0) is 15.7. The van der Waals surface area contributed by atoms with Gasteiger partial charge < -0.3 is 5.32 Å². The van der Waals surface area contributed by atoms with Crippen LogP contribution in [0.25, 0.3) is 0 Å². The van der Waals surface area contributed by atoms with Crippen LogP contribution >= 0.6 is 11.3 Å². The lowest BCUT2D eigenvalue weighted by Gasteiger charge is -2.31. The summed E-state index contributed by atoms with van der Waals surface area (Å²) in [6.45, 7) is 3.27. The Kier molecular flexibility index (Phi) is 4.22. The number of nitrogens with zero attached hydrogens (tertiary/aromatic N) is 1. The number of thiophene rings is 1. The van der Waals surface area contributed by atoms with Crippen LogP contribution in [-0.4, -0.2) is 23.4 Å². The molecule has 3 rings (SSSR count). The summed E-state index contributed by atoms with van der Waals surface area (Å²) in [5.41, 5.74) is 1.12. The Morgan fingerprint density at radius 2 is 2.18 bits per heavy atom. The molecule has 0 bridgehead atoms. The molecule has 1 N–H and O–H groups in total. The second-order valence-electron chi connectivity index (χ2n) is 5.38. The van der Waals surface area contributed by atoms with Crippen molar-refractivity contribution in [3.8, 4) is 0 Å². The van der Waals surface area contributed by atoms with Gasteiger partial charge in [0, 0.05) is 24.0 Å². The van der Waals surface area contributed by atoms with Gasteiger partial charge in [0.25, 0.3) is 0 Å². The van der Waals surface area contributed by atoms with E-state index in [1.807, 2.05) is 4.90 Å². The molecule has 1 atom stereocenters. The van der Waals surface area contributed by atoms with E-state index < -0.39 is 17.7 Å². The second kappa shape index (κ2) is 6.14. The quantitative estimate of drug-likeness (QED) is 0.939. The molecule has 1 aromatic heterocycles. The Labute approximate surface area is 131 Å². The average molecular weight is 322 g/mol. The van der Waals surface area contributed by atoms with Gasteiger partial charge in [0.05, 0.1) is 11.7 Å². The maximum Gasteiger partial charge on any atom is 0.241 e. The standard InChI is InChI=1S/C16H16F2N2OS/c1-10(20-6-4-15-11(9-20)5-7-22-15)16(21)19-14-8-12(17)2-3-13(14)18/h2-3,5,7-8,10H,4,6,9H2,1H3,(H,19,21)/t10-/m0/s1. The SMILES string of the molecule is C[C@@H](C(=O)Nc1cc(F)ccc1F)N1CCc2sccc2C1. The van der Waals surface area contributed by atoms with Crippen LogP contribution in [0.5, 0.6) is 0 Å². The lowest BCUT2D eigenvalue weighted by Crippen LogP contribution is -2.44. The fraction of sp³-hybridized carbons (Fsp3) is 0.312. The van der Waals surface area contributed by atoms with Crippen LogP contribution in [0, 0.1) is 11.6 Å². The molecule has 0 unspecified atom stereocenters. The predicted octanol–water partition coefficient (Wildman–Crippen LogP) is 3.41. The fourth-order valence-corrected chi connectivity index (χ4v) is 3.49. The number of benzene rings is 1. The van der Waals surface area contributed by atoms with Crippen LogP contribution < -0.4 is 5.32 Å². The van der Waals surface area contributed by atoms with E-state index in [2.05, 4.69) is 16.8 Å². The lowest BCUT2D eigenvalue weighted by atomic mass is 10.1. The van der Waals surface area contributed by atoms with Crippen LogP contribution in [0.3, 0.4) is 0 Å². The number of amides is 1. The Morgan fingerprint density at radius 3 is 3.00 bits per heavy atom. The molecule has 0 saturated carbocycles. The zero-order valence-corrected chi connectivity index (χ0v) is 12.9. The third-order valence-electron chi connectivity index (χ3n) is 3.95. The van der Waals surface area contributed by atoms with E-state index in [1.54, 1.807) is 18.3 Å². The van der Waals surface area contributed by atoms with Crippen molar-refractivity contribution in [1.29, 1.82) is 0 Å². The Bertz CT molecular complexity index is 701. The highest BCUT2D eigenvalue weighted by atomic mass is 32.1. The number of nitrogens with one attached hydrogen (secondary N) is 1. The van der Waals surface area contributed by atoms with Crippen molar-refractivity contribution < 1.29 is 13.6 Å². The second-order valence-corrected chi connectivity index (χ2v) is 6.38. The van der Waals surface area contributed by atoms with Gasteiger partial charge in [0.2, 0.25) is 5.91 Å². The highest BCUT2D eigenvalue weighted by Crippen LogP contribution is 2.25. The van der Waals surface area contributed by atoms with Gasteiger partial charge in [-0.05, 0) is 42.5 Å². The van der Waals surface area contributed by atoms with Gasteiger partial charge in [-0.1, -0.05) is 0 Å². The van der Waals surface area contributed by atoms with Crippen molar-refractivity contribution >= 4 is 22.9 Å². The van der Waals surface area contributed by atoms with Crippen LogP contribution in [0.15, 0.2) is 29.6 Å². The van der Waals surface area contributed by atoms with Gasteiger partial charge >= 0.3 is 0 Å². The largest absolute Gasteiger partial charge is 0.322 e. The van der Waals surface area contributed by atoms with Gasteiger partial charge in [0.1, 0.15) is 11.6 Å². The van der Waals surface area contributed by atoms with E-state index in [-0.39, 0.29) is 11.6 Å². The Morgan fingerprint density at radius 1 is 1.36 bits per heavy atom. The third kappa shape index (κ3) is 3.03. The molecule has 116 valence electrons. The number of halogens is 2. The van der Waals surface area contributed by atoms with Gasteiger partial charge in [-0.25, -0.2) is 8.78 Å². The van der Waals surface area contributed by atoms with E-state index >= 15 is 0 Å². The van der Waals surface area contributed by atoms with Crippen molar-refractivity contribution in [3.05, 3.63) is 51.7 Å². The van der Waals surface area contributed by atoms with Crippen LogP contribution in [0.2, 0.25) is 0 Å². The molecular formula is C16H16F2N2OS. The lowest BCUT2D eigenvalue weighted by molar-refractivity contribution is -0.121. The molecule has 1 amide bonds. The van der Waals surface area contributed by atoms with E-state index in [0.717, 1.165) is 31.2 Å². The third-order valence-corrected chi connectivity index (χ3v) is 4.97. The zero-order valence-electron chi connectivity index (χ0n) is 12.1. The highest BCUT2D eigenvalue weighted by Gasteiger charge is 2.26. The minimum absolute atomic E-state index is 0.120. The van der Waals surface area contributed by atoms with Gasteiger partial charge in [-0.15, -0.1) is 11.3 Å². The van der Waals surface area contributed by atoms with Crippen LogP contribution in [-0.2, 0) is 17.8 Å². The monoisotopic (exact) mass is 322 g/mol. The summed E-state index contributed by atoms with van der Waals surface area (Å²) in [5, 5.41) is 4.53. The van der Waals surface area contributed by atoms with E-state index in [9.17, 15) is 13.6 Å². The molecule has 1 aliphatic rings. The first kappa shape index (κ1) is 15.1. The van der Waals surface area contributed by atoms with E-state index in [4.69, 9.17) is 0 Å². The highest BCUT2D eigenvalue weighted by molar-refractivity contribution is 7.10. The molecule has 1 aliphatic heterocycles. The molecule has 22 heavy (non-hydrogen) atoms. The van der Waals surface area contributed by atoms with Gasteiger partial charge in [-0.2, -0.15) is 0 Å². The van der Waals surface area contributed by atoms with Crippen molar-refractivity contribution in [2.24, 2.45) is 0 Å². The van der Waals surface area contributed by atoms with E-state index in [0.29, 0.717) is 6.54 Å². The van der Waals surface area contributed by atoms with Crippen molar-refractivity contribution in [2.75, 3.05) is 11.9 Å². The molecule has 3 nitrogen and oxygen atoms in total. The summed E-state index contributed by atoms with van der Waals surface area (Å²) in [5.74, 6) is -1.55. The maximum absolute atomic E-state index is 13.6. The van der Waals surface area contributed by atoms with Crippen LogP contribution in [0.4, 0.5) is 14.5 Å². The maximum atomic E-state index is 13.6. The first-order valence-corrected chi connectivity index (χ1v) is 7.98. The molecule has 2 heterocycles. The molecule has 0 aliphatic carbocycles. The molecule has 0 fully saturated rings. The normalized spacial score (nSPS) is 16.1. The number of carbonyl (C=O) groups excluding carboxylic acids is 1. The molecule has 6 heteroatoms. The predicted molar refractivity (Wildman–Crippen MR) is 82.9 cm³/mol. The van der Waals surface area contributed by atoms with E-state index in [1.165, 1.54) is 10.4 Å². The minimum atomic E-state index is -0.638. The number of hydrogen-bond donors (Lipinski definition) is 1.